The number of anilines is 1. The Hall–Kier alpha value is -2.17. The van der Waals surface area contributed by atoms with Crippen LogP contribution in [0.1, 0.15) is 29.2 Å². The van der Waals surface area contributed by atoms with Gasteiger partial charge in [0.15, 0.2) is 0 Å². The molecule has 0 aliphatic carbocycles. The summed E-state index contributed by atoms with van der Waals surface area (Å²) in [6, 6.07) is 15.8. The van der Waals surface area contributed by atoms with Gasteiger partial charge in [0.25, 0.3) is 0 Å². The molecule has 2 aromatic rings. The fourth-order valence-corrected chi connectivity index (χ4v) is 2.67. The maximum absolute atomic E-state index is 12.1. The van der Waals surface area contributed by atoms with Gasteiger partial charge in [-0.1, -0.05) is 36.4 Å². The van der Waals surface area contributed by atoms with Gasteiger partial charge in [-0.05, 0) is 49.1 Å². The second kappa shape index (κ2) is 8.46. The average molecular weight is 312 g/mol. The molecule has 0 fully saturated rings. The second-order valence-corrected chi connectivity index (χ2v) is 5.78. The minimum Gasteiger partial charge on any atom is -0.396 e. The summed E-state index contributed by atoms with van der Waals surface area (Å²) in [4.78, 5) is 12.1. The van der Waals surface area contributed by atoms with E-state index in [1.165, 1.54) is 0 Å². The van der Waals surface area contributed by atoms with E-state index in [0.29, 0.717) is 6.42 Å². The second-order valence-electron chi connectivity index (χ2n) is 5.78. The fourth-order valence-electron chi connectivity index (χ4n) is 2.67. The number of carbonyl (C=O) groups is 1. The number of hydrogen-bond donors (Lipinski definition) is 3. The smallest absolute Gasteiger partial charge is 0.238 e. The molecule has 4 heteroatoms. The Morgan fingerprint density at radius 2 is 1.74 bits per heavy atom. The summed E-state index contributed by atoms with van der Waals surface area (Å²) in [6.45, 7) is 4.29. The van der Waals surface area contributed by atoms with Crippen molar-refractivity contribution in [1.82, 2.24) is 5.32 Å². The van der Waals surface area contributed by atoms with Gasteiger partial charge in [-0.3, -0.25) is 4.79 Å². The number of aliphatic hydroxyl groups is 1. The summed E-state index contributed by atoms with van der Waals surface area (Å²) >= 11 is 0. The van der Waals surface area contributed by atoms with Gasteiger partial charge >= 0.3 is 0 Å². The molecule has 122 valence electrons. The Kier molecular flexibility index (Phi) is 6.32. The monoisotopic (exact) mass is 312 g/mol. The van der Waals surface area contributed by atoms with E-state index in [1.54, 1.807) is 0 Å². The third kappa shape index (κ3) is 5.51. The quantitative estimate of drug-likeness (QED) is 0.736. The minimum absolute atomic E-state index is 0.0359. The van der Waals surface area contributed by atoms with E-state index in [9.17, 15) is 9.90 Å². The summed E-state index contributed by atoms with van der Waals surface area (Å²) in [5.41, 5.74) is 4.12. The van der Waals surface area contributed by atoms with E-state index in [2.05, 4.69) is 16.7 Å². The lowest BCUT2D eigenvalue weighted by Crippen LogP contribution is -2.31. The molecule has 2 aromatic carbocycles. The predicted octanol–water partition coefficient (Wildman–Crippen LogP) is 2.96. The van der Waals surface area contributed by atoms with Gasteiger partial charge in [-0.15, -0.1) is 0 Å². The van der Waals surface area contributed by atoms with E-state index >= 15 is 0 Å². The maximum atomic E-state index is 12.1. The zero-order chi connectivity index (χ0) is 16.7. The lowest BCUT2D eigenvalue weighted by molar-refractivity contribution is -0.115. The number of aryl methyl sites for hydroxylation is 2. The van der Waals surface area contributed by atoms with Crippen molar-refractivity contribution in [1.29, 1.82) is 0 Å². The van der Waals surface area contributed by atoms with Gasteiger partial charge < -0.3 is 15.7 Å². The lowest BCUT2D eigenvalue weighted by Gasteiger charge is -2.18. The number of aliphatic hydroxyl groups excluding tert-OH is 1. The third-order valence-corrected chi connectivity index (χ3v) is 3.63. The normalized spacial score (nSPS) is 12.0. The summed E-state index contributed by atoms with van der Waals surface area (Å²) in [7, 11) is 0. The molecular formula is C19H24N2O2. The predicted molar refractivity (Wildman–Crippen MR) is 93.4 cm³/mol. The number of benzene rings is 2. The van der Waals surface area contributed by atoms with Crippen molar-refractivity contribution >= 4 is 11.6 Å². The van der Waals surface area contributed by atoms with Crippen LogP contribution in [-0.2, 0) is 4.79 Å². The standard InChI is InChI=1S/C19H24N2O2/c1-14-10-15(2)12-17(11-14)21-19(23)13-20-18(8-9-22)16-6-4-3-5-7-16/h3-7,10-12,18,20,22H,8-9,13H2,1-2H3,(H,21,23). The molecule has 4 nitrogen and oxygen atoms in total. The molecule has 23 heavy (non-hydrogen) atoms. The molecule has 1 atom stereocenters. The Morgan fingerprint density at radius 3 is 2.35 bits per heavy atom. The van der Waals surface area contributed by atoms with Crippen LogP contribution >= 0.6 is 0 Å². The van der Waals surface area contributed by atoms with Gasteiger partial charge in [0.2, 0.25) is 5.91 Å². The van der Waals surface area contributed by atoms with Crippen molar-refractivity contribution in [2.24, 2.45) is 0 Å². The van der Waals surface area contributed by atoms with Crippen LogP contribution in [0, 0.1) is 13.8 Å². The summed E-state index contributed by atoms with van der Waals surface area (Å²) < 4.78 is 0. The molecule has 2 rings (SSSR count). The van der Waals surface area contributed by atoms with Gasteiger partial charge in [-0.2, -0.15) is 0 Å². The van der Waals surface area contributed by atoms with Crippen LogP contribution in [-0.4, -0.2) is 24.2 Å². The molecule has 0 aromatic heterocycles. The Balaban J connectivity index is 1.93. The molecule has 1 amide bonds. The van der Waals surface area contributed by atoms with E-state index < -0.39 is 0 Å². The highest BCUT2D eigenvalue weighted by molar-refractivity contribution is 5.92. The van der Waals surface area contributed by atoms with Crippen LogP contribution in [0.3, 0.4) is 0 Å². The number of carbonyl (C=O) groups excluding carboxylic acids is 1. The Bertz CT molecular complexity index is 621. The van der Waals surface area contributed by atoms with Gasteiger partial charge in [0, 0.05) is 18.3 Å². The van der Waals surface area contributed by atoms with E-state index in [-0.39, 0.29) is 25.1 Å². The fraction of sp³-hybridized carbons (Fsp3) is 0.316. The lowest BCUT2D eigenvalue weighted by atomic mass is 10.0. The van der Waals surface area contributed by atoms with Crippen molar-refractivity contribution in [3.8, 4) is 0 Å². The molecule has 0 radical (unpaired) electrons. The summed E-state index contributed by atoms with van der Waals surface area (Å²) in [5.74, 6) is -0.0890. The number of amides is 1. The SMILES string of the molecule is Cc1cc(C)cc(NC(=O)CNC(CCO)c2ccccc2)c1. The number of rotatable bonds is 7. The Labute approximate surface area is 137 Å². The van der Waals surface area contributed by atoms with Crippen LogP contribution in [0.4, 0.5) is 5.69 Å². The van der Waals surface area contributed by atoms with E-state index in [4.69, 9.17) is 0 Å². The molecular weight excluding hydrogens is 288 g/mol. The van der Waals surface area contributed by atoms with Gasteiger partial charge in [0.05, 0.1) is 6.54 Å². The maximum Gasteiger partial charge on any atom is 0.238 e. The Morgan fingerprint density at radius 1 is 1.09 bits per heavy atom. The molecule has 0 aliphatic heterocycles. The average Bonchev–Trinajstić information content (AvgIpc) is 2.51. The highest BCUT2D eigenvalue weighted by Crippen LogP contribution is 2.16. The first-order valence-corrected chi connectivity index (χ1v) is 7.86. The van der Waals surface area contributed by atoms with Crippen molar-refractivity contribution in [3.05, 3.63) is 65.2 Å². The molecule has 0 saturated carbocycles. The number of hydrogen-bond acceptors (Lipinski definition) is 3. The van der Waals surface area contributed by atoms with Crippen LogP contribution in [0.5, 0.6) is 0 Å². The topological polar surface area (TPSA) is 61.4 Å². The first-order valence-electron chi connectivity index (χ1n) is 7.86. The largest absolute Gasteiger partial charge is 0.396 e. The van der Waals surface area contributed by atoms with Gasteiger partial charge in [0.1, 0.15) is 0 Å². The molecule has 0 bridgehead atoms. The number of nitrogens with one attached hydrogen (secondary N) is 2. The van der Waals surface area contributed by atoms with Gasteiger partial charge in [-0.25, -0.2) is 0 Å². The van der Waals surface area contributed by atoms with E-state index in [0.717, 1.165) is 22.4 Å². The summed E-state index contributed by atoms with van der Waals surface area (Å²) in [5, 5.41) is 15.3. The molecule has 0 spiro atoms. The van der Waals surface area contributed by atoms with Crippen LogP contribution < -0.4 is 10.6 Å². The molecule has 3 N–H and O–H groups in total. The molecule has 1 unspecified atom stereocenters. The van der Waals surface area contributed by atoms with Crippen LogP contribution in [0.2, 0.25) is 0 Å². The van der Waals surface area contributed by atoms with E-state index in [1.807, 2.05) is 56.3 Å². The molecule has 0 heterocycles. The zero-order valence-corrected chi connectivity index (χ0v) is 13.7. The third-order valence-electron chi connectivity index (χ3n) is 3.63. The molecule has 0 aliphatic rings. The first kappa shape index (κ1) is 17.2. The highest BCUT2D eigenvalue weighted by atomic mass is 16.3. The van der Waals surface area contributed by atoms with Crippen molar-refractivity contribution in [3.63, 3.8) is 0 Å². The highest BCUT2D eigenvalue weighted by Gasteiger charge is 2.12. The molecule has 0 saturated heterocycles. The van der Waals surface area contributed by atoms with Crippen molar-refractivity contribution in [2.45, 2.75) is 26.3 Å². The van der Waals surface area contributed by atoms with Crippen molar-refractivity contribution in [2.75, 3.05) is 18.5 Å². The summed E-state index contributed by atoms with van der Waals surface area (Å²) in [6.07, 6.45) is 0.570. The van der Waals surface area contributed by atoms with Crippen LogP contribution in [0.15, 0.2) is 48.5 Å². The van der Waals surface area contributed by atoms with Crippen LogP contribution in [0.25, 0.3) is 0 Å². The first-order chi connectivity index (χ1) is 11.1. The minimum atomic E-state index is -0.0890. The zero-order valence-electron chi connectivity index (χ0n) is 13.7. The van der Waals surface area contributed by atoms with Crippen molar-refractivity contribution < 1.29 is 9.90 Å².